The van der Waals surface area contributed by atoms with Crippen LogP contribution in [0.3, 0.4) is 0 Å². The maximum atomic E-state index is 8.49. The smallest absolute Gasteiger partial charge is 0.0991 e. The number of nitrogens with one attached hydrogen (secondary N) is 1. The second-order valence-electron chi connectivity index (χ2n) is 4.15. The molecular weight excluding hydrogens is 224 g/mol. The molecule has 1 aromatic carbocycles. The van der Waals surface area contributed by atoms with E-state index in [2.05, 4.69) is 47.6 Å². The van der Waals surface area contributed by atoms with Crippen LogP contribution in [0.5, 0.6) is 0 Å². The Morgan fingerprint density at radius 1 is 1.39 bits per heavy atom. The van der Waals surface area contributed by atoms with Crippen molar-refractivity contribution in [3.05, 3.63) is 48.5 Å². The van der Waals surface area contributed by atoms with Crippen molar-refractivity contribution < 1.29 is 0 Å². The van der Waals surface area contributed by atoms with Gasteiger partial charge in [0.05, 0.1) is 12.4 Å². The van der Waals surface area contributed by atoms with E-state index >= 15 is 0 Å². The van der Waals surface area contributed by atoms with Crippen LogP contribution >= 0.6 is 0 Å². The Labute approximate surface area is 107 Å². The number of benzene rings is 1. The average molecular weight is 240 g/mol. The highest BCUT2D eigenvalue weighted by molar-refractivity contribution is 5.35. The predicted octanol–water partition coefficient (Wildman–Crippen LogP) is 2.44. The predicted molar refractivity (Wildman–Crippen MR) is 70.2 cm³/mol. The van der Waals surface area contributed by atoms with Crippen molar-refractivity contribution in [2.45, 2.75) is 19.4 Å². The minimum atomic E-state index is 0.259. The maximum Gasteiger partial charge on any atom is 0.0991 e. The van der Waals surface area contributed by atoms with Gasteiger partial charge < -0.3 is 9.88 Å². The maximum absolute atomic E-state index is 8.49. The summed E-state index contributed by atoms with van der Waals surface area (Å²) in [4.78, 5) is 4.03. The van der Waals surface area contributed by atoms with Crippen LogP contribution in [0.1, 0.15) is 24.9 Å². The fraction of sp³-hybridized carbons (Fsp3) is 0.286. The summed E-state index contributed by atoms with van der Waals surface area (Å²) in [6.45, 7) is 2.82. The normalized spacial score (nSPS) is 12.0. The van der Waals surface area contributed by atoms with Gasteiger partial charge in [-0.25, -0.2) is 4.98 Å². The fourth-order valence-corrected chi connectivity index (χ4v) is 1.81. The number of imidazole rings is 1. The van der Waals surface area contributed by atoms with Gasteiger partial charge in [-0.3, -0.25) is 0 Å². The van der Waals surface area contributed by atoms with Crippen LogP contribution in [0.25, 0.3) is 5.69 Å². The fourth-order valence-electron chi connectivity index (χ4n) is 1.81. The zero-order valence-electron chi connectivity index (χ0n) is 10.4. The quantitative estimate of drug-likeness (QED) is 0.817. The minimum Gasteiger partial charge on any atom is -0.309 e. The lowest BCUT2D eigenvalue weighted by atomic mass is 10.1. The van der Waals surface area contributed by atoms with Crippen molar-refractivity contribution in [3.63, 3.8) is 0 Å². The summed E-state index contributed by atoms with van der Waals surface area (Å²) in [5, 5.41) is 11.8. The van der Waals surface area contributed by atoms with Gasteiger partial charge in [0.2, 0.25) is 0 Å². The number of nitrogens with zero attached hydrogens (tertiary/aromatic N) is 3. The van der Waals surface area contributed by atoms with E-state index < -0.39 is 0 Å². The number of nitriles is 1. The third-order valence-corrected chi connectivity index (χ3v) is 2.88. The first-order chi connectivity index (χ1) is 8.81. The SMILES string of the molecule is CC(NCCC#N)c1ccc(-n2ccnc2)cc1. The average Bonchev–Trinajstić information content (AvgIpc) is 2.93. The zero-order valence-corrected chi connectivity index (χ0v) is 10.4. The van der Waals surface area contributed by atoms with E-state index in [-0.39, 0.29) is 6.04 Å². The van der Waals surface area contributed by atoms with Gasteiger partial charge in [-0.1, -0.05) is 12.1 Å². The molecule has 92 valence electrons. The molecule has 18 heavy (non-hydrogen) atoms. The van der Waals surface area contributed by atoms with E-state index in [1.54, 1.807) is 12.5 Å². The van der Waals surface area contributed by atoms with E-state index in [9.17, 15) is 0 Å². The van der Waals surface area contributed by atoms with Gasteiger partial charge in [0.15, 0.2) is 0 Å². The van der Waals surface area contributed by atoms with Gasteiger partial charge in [-0.2, -0.15) is 5.26 Å². The molecule has 1 heterocycles. The summed E-state index contributed by atoms with van der Waals surface area (Å²) in [5.41, 5.74) is 2.32. The van der Waals surface area contributed by atoms with E-state index in [0.29, 0.717) is 6.42 Å². The number of hydrogen-bond donors (Lipinski definition) is 1. The lowest BCUT2D eigenvalue weighted by molar-refractivity contribution is 0.583. The first-order valence-electron chi connectivity index (χ1n) is 6.00. The molecule has 0 bridgehead atoms. The van der Waals surface area contributed by atoms with E-state index in [1.807, 2.05) is 10.8 Å². The summed E-state index contributed by atoms with van der Waals surface area (Å²) in [5.74, 6) is 0. The topological polar surface area (TPSA) is 53.6 Å². The molecule has 1 atom stereocenters. The molecule has 2 rings (SSSR count). The minimum absolute atomic E-state index is 0.259. The Kier molecular flexibility index (Phi) is 4.11. The van der Waals surface area contributed by atoms with Crippen molar-refractivity contribution in [3.8, 4) is 11.8 Å². The van der Waals surface area contributed by atoms with Crippen molar-refractivity contribution in [2.24, 2.45) is 0 Å². The zero-order chi connectivity index (χ0) is 12.8. The molecule has 2 aromatic rings. The summed E-state index contributed by atoms with van der Waals surface area (Å²) in [6.07, 6.45) is 6.00. The molecule has 1 aromatic heterocycles. The summed E-state index contributed by atoms with van der Waals surface area (Å²) >= 11 is 0. The molecule has 0 saturated heterocycles. The molecular formula is C14H16N4. The third-order valence-electron chi connectivity index (χ3n) is 2.88. The van der Waals surface area contributed by atoms with E-state index in [4.69, 9.17) is 5.26 Å². The van der Waals surface area contributed by atoms with Gasteiger partial charge >= 0.3 is 0 Å². The molecule has 0 fully saturated rings. The van der Waals surface area contributed by atoms with Gasteiger partial charge in [0.25, 0.3) is 0 Å². The molecule has 0 spiro atoms. The molecule has 1 unspecified atom stereocenters. The van der Waals surface area contributed by atoms with Gasteiger partial charge in [0, 0.05) is 37.1 Å². The van der Waals surface area contributed by atoms with Gasteiger partial charge in [-0.05, 0) is 24.6 Å². The molecule has 0 radical (unpaired) electrons. The first kappa shape index (κ1) is 12.3. The lowest BCUT2D eigenvalue weighted by Crippen LogP contribution is -2.19. The van der Waals surface area contributed by atoms with Crippen LogP contribution in [0, 0.1) is 11.3 Å². The molecule has 0 aliphatic rings. The Bertz CT molecular complexity index is 508. The van der Waals surface area contributed by atoms with E-state index in [1.165, 1.54) is 5.56 Å². The molecule has 4 nitrogen and oxygen atoms in total. The summed E-state index contributed by atoms with van der Waals surface area (Å²) < 4.78 is 1.97. The Morgan fingerprint density at radius 3 is 2.78 bits per heavy atom. The third kappa shape index (κ3) is 2.96. The summed E-state index contributed by atoms with van der Waals surface area (Å²) in [6, 6.07) is 10.7. The Balaban J connectivity index is 2.01. The monoisotopic (exact) mass is 240 g/mol. The molecule has 0 aliphatic carbocycles. The van der Waals surface area contributed by atoms with Crippen LogP contribution in [0.15, 0.2) is 43.0 Å². The molecule has 1 N–H and O–H groups in total. The first-order valence-corrected chi connectivity index (χ1v) is 6.00. The lowest BCUT2D eigenvalue weighted by Gasteiger charge is -2.13. The highest BCUT2D eigenvalue weighted by Gasteiger charge is 2.04. The van der Waals surface area contributed by atoms with Crippen LogP contribution in [-0.4, -0.2) is 16.1 Å². The van der Waals surface area contributed by atoms with Crippen LogP contribution in [-0.2, 0) is 0 Å². The molecule has 0 aliphatic heterocycles. The Hall–Kier alpha value is -2.12. The summed E-state index contributed by atoms with van der Waals surface area (Å²) in [7, 11) is 0. The standard InChI is InChI=1S/C14H16N4/c1-12(17-8-2-7-15)13-3-5-14(6-4-13)18-10-9-16-11-18/h3-6,9-12,17H,2,8H2,1H3. The highest BCUT2D eigenvalue weighted by atomic mass is 15.0. The second-order valence-corrected chi connectivity index (χ2v) is 4.15. The molecule has 0 saturated carbocycles. The van der Waals surface area contributed by atoms with Gasteiger partial charge in [-0.15, -0.1) is 0 Å². The van der Waals surface area contributed by atoms with Crippen molar-refractivity contribution in [1.29, 1.82) is 5.26 Å². The van der Waals surface area contributed by atoms with Crippen molar-refractivity contribution in [1.82, 2.24) is 14.9 Å². The van der Waals surface area contributed by atoms with Crippen LogP contribution in [0.4, 0.5) is 0 Å². The number of rotatable bonds is 5. The Morgan fingerprint density at radius 2 is 2.17 bits per heavy atom. The van der Waals surface area contributed by atoms with E-state index in [0.717, 1.165) is 12.2 Å². The molecule has 0 amide bonds. The highest BCUT2D eigenvalue weighted by Crippen LogP contribution is 2.15. The number of hydrogen-bond acceptors (Lipinski definition) is 3. The van der Waals surface area contributed by atoms with Crippen molar-refractivity contribution >= 4 is 0 Å². The van der Waals surface area contributed by atoms with Gasteiger partial charge in [0.1, 0.15) is 0 Å². The van der Waals surface area contributed by atoms with Crippen LogP contribution < -0.4 is 5.32 Å². The second kappa shape index (κ2) is 5.99. The number of aromatic nitrogens is 2. The van der Waals surface area contributed by atoms with Crippen molar-refractivity contribution in [2.75, 3.05) is 6.54 Å². The van der Waals surface area contributed by atoms with Crippen LogP contribution in [0.2, 0.25) is 0 Å². The largest absolute Gasteiger partial charge is 0.309 e. The molecule has 4 heteroatoms.